The summed E-state index contributed by atoms with van der Waals surface area (Å²) in [5.41, 5.74) is 0.946. The van der Waals surface area contributed by atoms with Crippen LogP contribution in [0, 0.1) is 0 Å². The standard InChI is InChI=1S/C10H15O2P/c1-2-8-13(11,12)9-10-6-4-3-5-7-10/h3-7H,2,8-9H2,1H3,(H,11,12). The summed E-state index contributed by atoms with van der Waals surface area (Å²) in [4.78, 5) is 9.52. The molecule has 72 valence electrons. The smallest absolute Gasteiger partial charge is 0.204 e. The van der Waals surface area contributed by atoms with Gasteiger partial charge in [0, 0.05) is 12.3 Å². The molecule has 0 aliphatic rings. The number of rotatable bonds is 4. The van der Waals surface area contributed by atoms with Gasteiger partial charge in [-0.25, -0.2) is 0 Å². The van der Waals surface area contributed by atoms with Gasteiger partial charge in [0.15, 0.2) is 0 Å². The largest absolute Gasteiger partial charge is 0.344 e. The molecule has 0 bridgehead atoms. The maximum Gasteiger partial charge on any atom is 0.204 e. The monoisotopic (exact) mass is 198 g/mol. The van der Waals surface area contributed by atoms with Gasteiger partial charge >= 0.3 is 0 Å². The molecule has 0 amide bonds. The first-order valence-corrected chi connectivity index (χ1v) is 6.52. The summed E-state index contributed by atoms with van der Waals surface area (Å²) < 4.78 is 11.5. The quantitative estimate of drug-likeness (QED) is 0.755. The van der Waals surface area contributed by atoms with Crippen molar-refractivity contribution in [2.45, 2.75) is 19.5 Å². The summed E-state index contributed by atoms with van der Waals surface area (Å²) in [6, 6.07) is 9.46. The van der Waals surface area contributed by atoms with E-state index in [0.29, 0.717) is 12.3 Å². The predicted octanol–water partition coefficient (Wildman–Crippen LogP) is 2.87. The van der Waals surface area contributed by atoms with Gasteiger partial charge in [-0.1, -0.05) is 37.3 Å². The summed E-state index contributed by atoms with van der Waals surface area (Å²) in [6.45, 7) is 1.92. The van der Waals surface area contributed by atoms with Crippen molar-refractivity contribution in [2.24, 2.45) is 0 Å². The molecule has 3 heteroatoms. The lowest BCUT2D eigenvalue weighted by molar-refractivity contribution is 0.476. The van der Waals surface area contributed by atoms with Crippen LogP contribution in [0.5, 0.6) is 0 Å². The zero-order valence-corrected chi connectivity index (χ0v) is 8.71. The van der Waals surface area contributed by atoms with Gasteiger partial charge in [-0.2, -0.15) is 0 Å². The average molecular weight is 198 g/mol. The minimum absolute atomic E-state index is 0.307. The summed E-state index contributed by atoms with van der Waals surface area (Å²) in [5, 5.41) is 0. The van der Waals surface area contributed by atoms with Crippen LogP contribution in [0.3, 0.4) is 0 Å². The SMILES string of the molecule is CCCP(=O)(O)Cc1ccccc1. The Morgan fingerprint density at radius 2 is 1.92 bits per heavy atom. The molecule has 1 aromatic carbocycles. The minimum atomic E-state index is -2.91. The molecule has 0 aliphatic heterocycles. The molecule has 1 rings (SSSR count). The van der Waals surface area contributed by atoms with Gasteiger partial charge in [0.1, 0.15) is 0 Å². The van der Waals surface area contributed by atoms with E-state index < -0.39 is 7.37 Å². The lowest BCUT2D eigenvalue weighted by Crippen LogP contribution is -1.91. The minimum Gasteiger partial charge on any atom is -0.344 e. The van der Waals surface area contributed by atoms with Gasteiger partial charge in [-0.05, 0) is 12.0 Å². The second-order valence-electron chi connectivity index (χ2n) is 3.21. The van der Waals surface area contributed by atoms with Crippen LogP contribution in [0.25, 0.3) is 0 Å². The van der Waals surface area contributed by atoms with Crippen molar-refractivity contribution in [1.82, 2.24) is 0 Å². The van der Waals surface area contributed by atoms with Crippen LogP contribution in [-0.2, 0) is 10.7 Å². The molecule has 0 radical (unpaired) electrons. The maximum atomic E-state index is 11.5. The topological polar surface area (TPSA) is 37.3 Å². The third-order valence-corrected chi connectivity index (χ3v) is 3.85. The Morgan fingerprint density at radius 3 is 2.46 bits per heavy atom. The van der Waals surface area contributed by atoms with E-state index in [0.717, 1.165) is 12.0 Å². The number of hydrogen-bond donors (Lipinski definition) is 1. The van der Waals surface area contributed by atoms with Crippen molar-refractivity contribution in [3.8, 4) is 0 Å². The van der Waals surface area contributed by atoms with Crippen LogP contribution in [-0.4, -0.2) is 11.1 Å². The van der Waals surface area contributed by atoms with Crippen molar-refractivity contribution < 1.29 is 9.46 Å². The highest BCUT2D eigenvalue weighted by atomic mass is 31.2. The fraction of sp³-hybridized carbons (Fsp3) is 0.400. The van der Waals surface area contributed by atoms with E-state index >= 15 is 0 Å². The van der Waals surface area contributed by atoms with E-state index in [1.165, 1.54) is 0 Å². The zero-order chi connectivity index (χ0) is 9.73. The Morgan fingerprint density at radius 1 is 1.31 bits per heavy atom. The van der Waals surface area contributed by atoms with Gasteiger partial charge in [-0.3, -0.25) is 4.57 Å². The van der Waals surface area contributed by atoms with Crippen LogP contribution >= 0.6 is 7.37 Å². The van der Waals surface area contributed by atoms with Gasteiger partial charge in [0.25, 0.3) is 0 Å². The van der Waals surface area contributed by atoms with Crippen molar-refractivity contribution in [3.63, 3.8) is 0 Å². The van der Waals surface area contributed by atoms with Crippen molar-refractivity contribution >= 4 is 7.37 Å². The highest BCUT2D eigenvalue weighted by Gasteiger charge is 2.16. The molecule has 1 N–H and O–H groups in total. The van der Waals surface area contributed by atoms with Crippen LogP contribution in [0.2, 0.25) is 0 Å². The first-order chi connectivity index (χ1) is 6.14. The molecule has 0 aliphatic carbocycles. The van der Waals surface area contributed by atoms with Gasteiger partial charge < -0.3 is 4.89 Å². The normalized spacial score (nSPS) is 15.2. The summed E-state index contributed by atoms with van der Waals surface area (Å²) >= 11 is 0. The van der Waals surface area contributed by atoms with Crippen molar-refractivity contribution in [2.75, 3.05) is 6.16 Å². The summed E-state index contributed by atoms with van der Waals surface area (Å²) in [5.74, 6) is 0. The molecule has 0 aromatic heterocycles. The maximum absolute atomic E-state index is 11.5. The van der Waals surface area contributed by atoms with Gasteiger partial charge in [-0.15, -0.1) is 0 Å². The van der Waals surface area contributed by atoms with Crippen LogP contribution < -0.4 is 0 Å². The van der Waals surface area contributed by atoms with E-state index in [1.807, 2.05) is 37.3 Å². The average Bonchev–Trinajstić information content (AvgIpc) is 2.04. The van der Waals surface area contributed by atoms with Crippen molar-refractivity contribution in [3.05, 3.63) is 35.9 Å². The van der Waals surface area contributed by atoms with E-state index in [-0.39, 0.29) is 0 Å². The molecule has 0 heterocycles. The second-order valence-corrected chi connectivity index (χ2v) is 5.67. The molecule has 2 nitrogen and oxygen atoms in total. The molecule has 13 heavy (non-hydrogen) atoms. The van der Waals surface area contributed by atoms with E-state index in [9.17, 15) is 9.46 Å². The lowest BCUT2D eigenvalue weighted by atomic mass is 10.2. The Hall–Kier alpha value is -0.590. The number of benzene rings is 1. The Labute approximate surface area is 79.1 Å². The van der Waals surface area contributed by atoms with Gasteiger partial charge in [0.2, 0.25) is 7.37 Å². The Balaban J connectivity index is 2.64. The molecule has 0 saturated heterocycles. The molecule has 1 aromatic rings. The first-order valence-electron chi connectivity index (χ1n) is 4.49. The van der Waals surface area contributed by atoms with Crippen LogP contribution in [0.1, 0.15) is 18.9 Å². The van der Waals surface area contributed by atoms with E-state index in [1.54, 1.807) is 0 Å². The third kappa shape index (κ3) is 3.75. The highest BCUT2D eigenvalue weighted by Crippen LogP contribution is 2.44. The van der Waals surface area contributed by atoms with Crippen LogP contribution in [0.4, 0.5) is 0 Å². The molecule has 1 unspecified atom stereocenters. The van der Waals surface area contributed by atoms with Crippen molar-refractivity contribution in [1.29, 1.82) is 0 Å². The second kappa shape index (κ2) is 4.59. The predicted molar refractivity (Wildman–Crippen MR) is 55.1 cm³/mol. The third-order valence-electron chi connectivity index (χ3n) is 1.85. The summed E-state index contributed by atoms with van der Waals surface area (Å²) in [6.07, 6.45) is 1.49. The Kier molecular flexibility index (Phi) is 3.71. The van der Waals surface area contributed by atoms with E-state index in [2.05, 4.69) is 0 Å². The number of hydrogen-bond acceptors (Lipinski definition) is 1. The van der Waals surface area contributed by atoms with E-state index in [4.69, 9.17) is 0 Å². The molecule has 1 atom stereocenters. The lowest BCUT2D eigenvalue weighted by Gasteiger charge is -2.09. The highest BCUT2D eigenvalue weighted by molar-refractivity contribution is 7.57. The van der Waals surface area contributed by atoms with Gasteiger partial charge in [0.05, 0.1) is 0 Å². The molecule has 0 saturated carbocycles. The molecular weight excluding hydrogens is 183 g/mol. The van der Waals surface area contributed by atoms with Crippen LogP contribution in [0.15, 0.2) is 30.3 Å². The molecule has 0 spiro atoms. The fourth-order valence-electron chi connectivity index (χ4n) is 1.30. The first kappa shape index (κ1) is 10.5. The zero-order valence-electron chi connectivity index (χ0n) is 7.81. The molecular formula is C10H15O2P. The fourth-order valence-corrected chi connectivity index (χ4v) is 2.94. The summed E-state index contributed by atoms with van der Waals surface area (Å²) in [7, 11) is -2.91. The Bertz CT molecular complexity index is 295. The molecule has 0 fully saturated rings.